The first-order valence-corrected chi connectivity index (χ1v) is 8.85. The molecule has 0 fully saturated rings. The number of aryl methyl sites for hydroxylation is 3. The third kappa shape index (κ3) is 3.82. The first kappa shape index (κ1) is 15.8. The summed E-state index contributed by atoms with van der Waals surface area (Å²) < 4.78 is 0. The predicted octanol–water partition coefficient (Wildman–Crippen LogP) is 4.94. The van der Waals surface area contributed by atoms with Gasteiger partial charge in [-0.3, -0.25) is 5.10 Å². The van der Waals surface area contributed by atoms with Crippen molar-refractivity contribution >= 4 is 11.8 Å². The fourth-order valence-electron chi connectivity index (χ4n) is 2.44. The van der Waals surface area contributed by atoms with E-state index in [1.807, 2.05) is 0 Å². The lowest BCUT2D eigenvalue weighted by molar-refractivity contribution is 0.973. The summed E-state index contributed by atoms with van der Waals surface area (Å²) in [5.74, 6) is 1.72. The third-order valence-corrected chi connectivity index (χ3v) is 4.86. The first-order chi connectivity index (χ1) is 11.2. The molecule has 0 atom stereocenters. The summed E-state index contributed by atoms with van der Waals surface area (Å²) in [5, 5.41) is 8.16. The summed E-state index contributed by atoms with van der Waals surface area (Å²) in [5.41, 5.74) is 6.35. The molecule has 0 aliphatic heterocycles. The second-order valence-electron chi connectivity index (χ2n) is 5.74. The van der Waals surface area contributed by atoms with Crippen molar-refractivity contribution < 1.29 is 0 Å². The van der Waals surface area contributed by atoms with E-state index in [0.717, 1.165) is 28.7 Å². The van der Waals surface area contributed by atoms with E-state index in [2.05, 4.69) is 78.4 Å². The van der Waals surface area contributed by atoms with Crippen molar-refractivity contribution in [2.45, 2.75) is 38.1 Å². The standard InChI is InChI=1S/C19H21N3S/c1-4-15-7-9-16(10-8-15)18-20-19(22-21-18)23-12-17-11-13(2)5-6-14(17)3/h5-11H,4,12H2,1-3H3,(H,20,21,22). The molecule has 0 aliphatic carbocycles. The van der Waals surface area contributed by atoms with E-state index in [1.165, 1.54) is 22.3 Å². The minimum atomic E-state index is 0.792. The van der Waals surface area contributed by atoms with E-state index in [1.54, 1.807) is 11.8 Å². The van der Waals surface area contributed by atoms with Crippen LogP contribution >= 0.6 is 11.8 Å². The number of rotatable bonds is 5. The molecule has 0 bridgehead atoms. The molecule has 1 heterocycles. The maximum absolute atomic E-state index is 4.60. The highest BCUT2D eigenvalue weighted by atomic mass is 32.2. The van der Waals surface area contributed by atoms with Crippen molar-refractivity contribution in [2.24, 2.45) is 0 Å². The Kier molecular flexibility index (Phi) is 4.82. The van der Waals surface area contributed by atoms with Crippen LogP contribution in [0.1, 0.15) is 29.2 Å². The van der Waals surface area contributed by atoms with Gasteiger partial charge in [-0.1, -0.05) is 66.7 Å². The fourth-order valence-corrected chi connectivity index (χ4v) is 3.30. The van der Waals surface area contributed by atoms with E-state index in [0.29, 0.717) is 0 Å². The maximum atomic E-state index is 4.60. The van der Waals surface area contributed by atoms with Gasteiger partial charge >= 0.3 is 0 Å². The molecule has 0 radical (unpaired) electrons. The van der Waals surface area contributed by atoms with Crippen molar-refractivity contribution in [2.75, 3.05) is 0 Å². The molecule has 1 N–H and O–H groups in total. The Hall–Kier alpha value is -2.07. The quantitative estimate of drug-likeness (QED) is 0.676. The number of aromatic nitrogens is 3. The summed E-state index contributed by atoms with van der Waals surface area (Å²) in [6, 6.07) is 15.0. The topological polar surface area (TPSA) is 41.6 Å². The van der Waals surface area contributed by atoms with E-state index in [-0.39, 0.29) is 0 Å². The van der Waals surface area contributed by atoms with Crippen molar-refractivity contribution in [1.29, 1.82) is 0 Å². The van der Waals surface area contributed by atoms with Crippen molar-refractivity contribution in [3.8, 4) is 11.4 Å². The Bertz CT molecular complexity index is 791. The summed E-state index contributed by atoms with van der Waals surface area (Å²) in [6.07, 6.45) is 1.05. The summed E-state index contributed by atoms with van der Waals surface area (Å²) >= 11 is 1.67. The number of aromatic amines is 1. The zero-order valence-electron chi connectivity index (χ0n) is 13.8. The molecule has 3 rings (SSSR count). The molecule has 4 heteroatoms. The van der Waals surface area contributed by atoms with Gasteiger partial charge in [-0.15, -0.1) is 5.10 Å². The number of hydrogen-bond donors (Lipinski definition) is 1. The van der Waals surface area contributed by atoms with Crippen LogP contribution in [-0.4, -0.2) is 15.2 Å². The lowest BCUT2D eigenvalue weighted by Gasteiger charge is -2.05. The Labute approximate surface area is 141 Å². The highest BCUT2D eigenvalue weighted by Gasteiger charge is 2.07. The summed E-state index contributed by atoms with van der Waals surface area (Å²) in [4.78, 5) is 4.60. The zero-order chi connectivity index (χ0) is 16.2. The largest absolute Gasteiger partial charge is 0.258 e. The van der Waals surface area contributed by atoms with Gasteiger partial charge in [-0.2, -0.15) is 0 Å². The number of thioether (sulfide) groups is 1. The predicted molar refractivity (Wildman–Crippen MR) is 96.7 cm³/mol. The van der Waals surface area contributed by atoms with Gasteiger partial charge in [-0.25, -0.2) is 4.98 Å². The highest BCUT2D eigenvalue weighted by Crippen LogP contribution is 2.24. The molecule has 1 aromatic heterocycles. The molecule has 2 aromatic carbocycles. The summed E-state index contributed by atoms with van der Waals surface area (Å²) in [7, 11) is 0. The molecule has 118 valence electrons. The van der Waals surface area contributed by atoms with Crippen molar-refractivity contribution in [1.82, 2.24) is 15.2 Å². The Morgan fingerprint density at radius 2 is 1.83 bits per heavy atom. The lowest BCUT2D eigenvalue weighted by atomic mass is 10.1. The summed E-state index contributed by atoms with van der Waals surface area (Å²) in [6.45, 7) is 6.43. The second-order valence-corrected chi connectivity index (χ2v) is 6.68. The van der Waals surface area contributed by atoms with E-state index < -0.39 is 0 Å². The van der Waals surface area contributed by atoms with Crippen LogP contribution < -0.4 is 0 Å². The minimum absolute atomic E-state index is 0.792. The van der Waals surface area contributed by atoms with Crippen LogP contribution in [0.5, 0.6) is 0 Å². The average Bonchev–Trinajstić information content (AvgIpc) is 3.05. The van der Waals surface area contributed by atoms with Crippen LogP contribution in [0.4, 0.5) is 0 Å². The molecule has 0 amide bonds. The normalized spacial score (nSPS) is 10.9. The SMILES string of the molecule is CCc1ccc(-c2nc(SCc3cc(C)ccc3C)n[nH]2)cc1. The zero-order valence-corrected chi connectivity index (χ0v) is 14.6. The fraction of sp³-hybridized carbons (Fsp3) is 0.263. The number of nitrogens with zero attached hydrogens (tertiary/aromatic N) is 2. The molecule has 3 nitrogen and oxygen atoms in total. The Morgan fingerprint density at radius 1 is 1.04 bits per heavy atom. The van der Waals surface area contributed by atoms with E-state index >= 15 is 0 Å². The van der Waals surface area contributed by atoms with Gasteiger partial charge in [0, 0.05) is 11.3 Å². The molecular weight excluding hydrogens is 302 g/mol. The number of nitrogens with one attached hydrogen (secondary N) is 1. The molecule has 0 saturated heterocycles. The second kappa shape index (κ2) is 7.01. The number of H-pyrrole nitrogens is 1. The lowest BCUT2D eigenvalue weighted by Crippen LogP contribution is -1.88. The number of benzene rings is 2. The van der Waals surface area contributed by atoms with Gasteiger partial charge in [0.05, 0.1) is 0 Å². The van der Waals surface area contributed by atoms with Crippen molar-refractivity contribution in [3.05, 3.63) is 64.7 Å². The van der Waals surface area contributed by atoms with Gasteiger partial charge in [0.15, 0.2) is 5.82 Å². The van der Waals surface area contributed by atoms with Gasteiger partial charge < -0.3 is 0 Å². The molecule has 0 unspecified atom stereocenters. The maximum Gasteiger partial charge on any atom is 0.209 e. The smallest absolute Gasteiger partial charge is 0.209 e. The van der Waals surface area contributed by atoms with Crippen molar-refractivity contribution in [3.63, 3.8) is 0 Å². The average molecular weight is 323 g/mol. The van der Waals surface area contributed by atoms with Gasteiger partial charge in [-0.05, 0) is 37.0 Å². The molecule has 0 aliphatic rings. The van der Waals surface area contributed by atoms with Gasteiger partial charge in [0.1, 0.15) is 0 Å². The van der Waals surface area contributed by atoms with Gasteiger partial charge in [0.2, 0.25) is 5.16 Å². The highest BCUT2D eigenvalue weighted by molar-refractivity contribution is 7.98. The Balaban J connectivity index is 1.70. The molecular formula is C19H21N3S. The third-order valence-electron chi connectivity index (χ3n) is 3.96. The first-order valence-electron chi connectivity index (χ1n) is 7.86. The number of hydrogen-bond acceptors (Lipinski definition) is 3. The van der Waals surface area contributed by atoms with Crippen LogP contribution in [-0.2, 0) is 12.2 Å². The van der Waals surface area contributed by atoms with E-state index in [4.69, 9.17) is 0 Å². The molecule has 0 saturated carbocycles. The van der Waals surface area contributed by atoms with Crippen LogP contribution in [0.25, 0.3) is 11.4 Å². The van der Waals surface area contributed by atoms with E-state index in [9.17, 15) is 0 Å². The molecule has 0 spiro atoms. The van der Waals surface area contributed by atoms with Crippen LogP contribution in [0.15, 0.2) is 47.6 Å². The van der Waals surface area contributed by atoms with Crippen LogP contribution in [0.2, 0.25) is 0 Å². The van der Waals surface area contributed by atoms with Gasteiger partial charge in [0.25, 0.3) is 0 Å². The minimum Gasteiger partial charge on any atom is -0.258 e. The van der Waals surface area contributed by atoms with Crippen LogP contribution in [0, 0.1) is 13.8 Å². The monoisotopic (exact) mass is 323 g/mol. The molecule has 23 heavy (non-hydrogen) atoms. The molecule has 3 aromatic rings. The van der Waals surface area contributed by atoms with Crippen LogP contribution in [0.3, 0.4) is 0 Å². The Morgan fingerprint density at radius 3 is 2.57 bits per heavy atom.